The highest BCUT2D eigenvalue weighted by Gasteiger charge is 2.46. The van der Waals surface area contributed by atoms with Crippen LogP contribution in [0.5, 0.6) is 11.5 Å². The largest absolute Gasteiger partial charge is 0.507 e. The molecule has 3 rings (SSSR count). The molecule has 0 bridgehead atoms. The van der Waals surface area contributed by atoms with Crippen LogP contribution in [0, 0.1) is 0 Å². The molecular formula is C23H24N2O6. The lowest BCUT2D eigenvalue weighted by Crippen LogP contribution is -2.37. The van der Waals surface area contributed by atoms with E-state index in [1.807, 2.05) is 0 Å². The van der Waals surface area contributed by atoms with E-state index in [4.69, 9.17) is 9.47 Å². The first-order valence-electron chi connectivity index (χ1n) is 9.69. The van der Waals surface area contributed by atoms with Crippen LogP contribution in [0.2, 0.25) is 0 Å². The third-order valence-corrected chi connectivity index (χ3v) is 5.05. The maximum Gasteiger partial charge on any atom is 0.295 e. The Bertz CT molecular complexity index is 1030. The molecule has 1 fully saturated rings. The lowest BCUT2D eigenvalue weighted by Gasteiger charge is -2.26. The van der Waals surface area contributed by atoms with Gasteiger partial charge >= 0.3 is 0 Å². The zero-order valence-corrected chi connectivity index (χ0v) is 17.5. The van der Waals surface area contributed by atoms with Gasteiger partial charge in [0.2, 0.25) is 5.91 Å². The SMILES string of the molecule is COc1ccc(C2/C(=C(\O)c3ccccc3)C(=O)C(=O)N2CCNC(C)=O)c(OC)c1. The van der Waals surface area contributed by atoms with E-state index in [1.165, 1.54) is 26.0 Å². The van der Waals surface area contributed by atoms with E-state index in [-0.39, 0.29) is 30.3 Å². The highest BCUT2D eigenvalue weighted by Crippen LogP contribution is 2.43. The Hall–Kier alpha value is -3.81. The van der Waals surface area contributed by atoms with Crippen molar-refractivity contribution in [3.8, 4) is 11.5 Å². The Morgan fingerprint density at radius 3 is 2.42 bits per heavy atom. The van der Waals surface area contributed by atoms with E-state index in [0.717, 1.165) is 0 Å². The number of likely N-dealkylation sites (tertiary alicyclic amines) is 1. The van der Waals surface area contributed by atoms with Crippen molar-refractivity contribution in [2.45, 2.75) is 13.0 Å². The van der Waals surface area contributed by atoms with Gasteiger partial charge in [0.05, 0.1) is 25.8 Å². The van der Waals surface area contributed by atoms with Crippen molar-refractivity contribution in [3.05, 3.63) is 65.2 Å². The number of rotatable bonds is 7. The Labute approximate surface area is 180 Å². The minimum Gasteiger partial charge on any atom is -0.507 e. The molecule has 31 heavy (non-hydrogen) atoms. The summed E-state index contributed by atoms with van der Waals surface area (Å²) in [6.45, 7) is 1.60. The van der Waals surface area contributed by atoms with E-state index in [2.05, 4.69) is 5.32 Å². The van der Waals surface area contributed by atoms with Gasteiger partial charge in [-0.15, -0.1) is 0 Å². The highest BCUT2D eigenvalue weighted by molar-refractivity contribution is 6.46. The van der Waals surface area contributed by atoms with Gasteiger partial charge in [0.25, 0.3) is 11.7 Å². The molecule has 1 saturated heterocycles. The number of nitrogens with zero attached hydrogens (tertiary/aromatic N) is 1. The van der Waals surface area contributed by atoms with Crippen molar-refractivity contribution >= 4 is 23.4 Å². The summed E-state index contributed by atoms with van der Waals surface area (Å²) in [6, 6.07) is 12.7. The second kappa shape index (κ2) is 9.34. The highest BCUT2D eigenvalue weighted by atomic mass is 16.5. The number of benzene rings is 2. The van der Waals surface area contributed by atoms with E-state index >= 15 is 0 Å². The van der Waals surface area contributed by atoms with Gasteiger partial charge in [-0.2, -0.15) is 0 Å². The molecule has 2 amide bonds. The molecule has 1 atom stereocenters. The number of hydrogen-bond acceptors (Lipinski definition) is 6. The molecule has 8 nitrogen and oxygen atoms in total. The molecule has 2 N–H and O–H groups in total. The van der Waals surface area contributed by atoms with Crippen LogP contribution in [-0.2, 0) is 14.4 Å². The molecule has 0 aliphatic carbocycles. The number of ketones is 1. The van der Waals surface area contributed by atoms with Crippen molar-refractivity contribution in [2.75, 3.05) is 27.3 Å². The summed E-state index contributed by atoms with van der Waals surface area (Å²) in [6.07, 6.45) is 0. The number of carbonyl (C=O) groups is 3. The van der Waals surface area contributed by atoms with Gasteiger partial charge in [-0.1, -0.05) is 30.3 Å². The molecule has 2 aromatic rings. The van der Waals surface area contributed by atoms with E-state index < -0.39 is 17.7 Å². The average molecular weight is 424 g/mol. The van der Waals surface area contributed by atoms with Crippen LogP contribution >= 0.6 is 0 Å². The molecule has 162 valence electrons. The van der Waals surface area contributed by atoms with Crippen molar-refractivity contribution in [3.63, 3.8) is 0 Å². The van der Waals surface area contributed by atoms with Gasteiger partial charge < -0.3 is 24.8 Å². The number of ether oxygens (including phenoxy) is 2. The Morgan fingerprint density at radius 1 is 1.10 bits per heavy atom. The summed E-state index contributed by atoms with van der Waals surface area (Å²) < 4.78 is 10.7. The van der Waals surface area contributed by atoms with Crippen LogP contribution in [0.15, 0.2) is 54.1 Å². The average Bonchev–Trinajstić information content (AvgIpc) is 3.03. The minimum absolute atomic E-state index is 0.0394. The molecule has 2 aromatic carbocycles. The zero-order chi connectivity index (χ0) is 22.5. The van der Waals surface area contributed by atoms with E-state index in [1.54, 1.807) is 48.5 Å². The predicted octanol–water partition coefficient (Wildman–Crippen LogP) is 2.26. The predicted molar refractivity (Wildman–Crippen MR) is 114 cm³/mol. The van der Waals surface area contributed by atoms with Crippen molar-refractivity contribution in [2.24, 2.45) is 0 Å². The van der Waals surface area contributed by atoms with Crippen LogP contribution in [0.25, 0.3) is 5.76 Å². The topological polar surface area (TPSA) is 105 Å². The van der Waals surface area contributed by atoms with Crippen LogP contribution in [0.1, 0.15) is 24.1 Å². The second-order valence-corrected chi connectivity index (χ2v) is 6.95. The van der Waals surface area contributed by atoms with Gasteiger partial charge in [-0.25, -0.2) is 0 Å². The number of nitrogens with one attached hydrogen (secondary N) is 1. The molecular weight excluding hydrogens is 400 g/mol. The van der Waals surface area contributed by atoms with Gasteiger partial charge in [0, 0.05) is 37.2 Å². The molecule has 1 unspecified atom stereocenters. The quantitative estimate of drug-likeness (QED) is 0.401. The molecule has 1 aliphatic rings. The third-order valence-electron chi connectivity index (χ3n) is 5.05. The lowest BCUT2D eigenvalue weighted by atomic mass is 9.94. The normalized spacial score (nSPS) is 17.5. The maximum absolute atomic E-state index is 13.0. The number of amides is 2. The summed E-state index contributed by atoms with van der Waals surface area (Å²) >= 11 is 0. The molecule has 0 saturated carbocycles. The number of methoxy groups -OCH3 is 2. The van der Waals surface area contributed by atoms with Crippen LogP contribution in [-0.4, -0.2) is 54.9 Å². The summed E-state index contributed by atoms with van der Waals surface area (Å²) in [5.41, 5.74) is 0.894. The van der Waals surface area contributed by atoms with Crippen LogP contribution in [0.4, 0.5) is 0 Å². The Balaban J connectivity index is 2.16. The molecule has 1 heterocycles. The fourth-order valence-corrected chi connectivity index (χ4v) is 3.58. The Morgan fingerprint density at radius 2 is 1.81 bits per heavy atom. The standard InChI is InChI=1S/C23H24N2O6/c1-14(26)24-11-12-25-20(17-10-9-16(30-2)13-18(17)31-3)19(22(28)23(25)29)21(27)15-7-5-4-6-8-15/h4-10,13,20,27H,11-12H2,1-3H3,(H,24,26)/b21-19+. The number of Topliss-reactive ketones (excluding diaryl/α,β-unsaturated/α-hetero) is 1. The molecule has 1 aliphatic heterocycles. The third kappa shape index (κ3) is 4.37. The first-order chi connectivity index (χ1) is 14.9. The lowest BCUT2D eigenvalue weighted by molar-refractivity contribution is -0.140. The van der Waals surface area contributed by atoms with E-state index in [0.29, 0.717) is 22.6 Å². The first kappa shape index (κ1) is 21.9. The molecule has 8 heteroatoms. The zero-order valence-electron chi connectivity index (χ0n) is 17.5. The molecule has 0 radical (unpaired) electrons. The van der Waals surface area contributed by atoms with Gasteiger partial charge in [0.1, 0.15) is 17.3 Å². The second-order valence-electron chi connectivity index (χ2n) is 6.95. The minimum atomic E-state index is -0.894. The van der Waals surface area contributed by atoms with Crippen molar-refractivity contribution in [1.29, 1.82) is 0 Å². The summed E-state index contributed by atoms with van der Waals surface area (Å²) in [5.74, 6) is -1.14. The number of aliphatic hydroxyl groups excluding tert-OH is 1. The number of hydrogen-bond donors (Lipinski definition) is 2. The maximum atomic E-state index is 13.0. The summed E-state index contributed by atoms with van der Waals surface area (Å²) in [7, 11) is 2.99. The Kier molecular flexibility index (Phi) is 6.59. The first-order valence-corrected chi connectivity index (χ1v) is 9.69. The fraction of sp³-hybridized carbons (Fsp3) is 0.261. The van der Waals surface area contributed by atoms with Crippen LogP contribution < -0.4 is 14.8 Å². The summed E-state index contributed by atoms with van der Waals surface area (Å²) in [5, 5.41) is 13.6. The van der Waals surface area contributed by atoms with Crippen molar-refractivity contribution < 1.29 is 29.0 Å². The van der Waals surface area contributed by atoms with Crippen molar-refractivity contribution in [1.82, 2.24) is 10.2 Å². The van der Waals surface area contributed by atoms with Gasteiger partial charge in [-0.05, 0) is 12.1 Å². The molecule has 0 aromatic heterocycles. The van der Waals surface area contributed by atoms with E-state index in [9.17, 15) is 19.5 Å². The fourth-order valence-electron chi connectivity index (χ4n) is 3.58. The number of carbonyl (C=O) groups excluding carboxylic acids is 3. The van der Waals surface area contributed by atoms with Gasteiger partial charge in [-0.3, -0.25) is 14.4 Å². The monoisotopic (exact) mass is 424 g/mol. The molecule has 0 spiro atoms. The number of aliphatic hydroxyl groups is 1. The van der Waals surface area contributed by atoms with Crippen LogP contribution in [0.3, 0.4) is 0 Å². The van der Waals surface area contributed by atoms with Gasteiger partial charge in [0.15, 0.2) is 0 Å². The smallest absolute Gasteiger partial charge is 0.295 e. The summed E-state index contributed by atoms with van der Waals surface area (Å²) in [4.78, 5) is 38.5.